The van der Waals surface area contributed by atoms with Crippen LogP contribution < -0.4 is 5.90 Å². The van der Waals surface area contributed by atoms with Gasteiger partial charge in [0, 0.05) is 6.54 Å². The van der Waals surface area contributed by atoms with Gasteiger partial charge in [-0.2, -0.15) is 0 Å². The molecule has 0 spiro atoms. The van der Waals surface area contributed by atoms with Gasteiger partial charge in [0.15, 0.2) is 0 Å². The summed E-state index contributed by atoms with van der Waals surface area (Å²) in [4.78, 5) is 6.75. The van der Waals surface area contributed by atoms with E-state index in [1.54, 1.807) is 0 Å². The zero-order valence-electron chi connectivity index (χ0n) is 9.57. The first-order chi connectivity index (χ1) is 6.65. The molecule has 0 aliphatic rings. The number of hydrogen-bond acceptors (Lipinski definition) is 4. The second-order valence-corrected chi connectivity index (χ2v) is 3.69. The predicted octanol–water partition coefficient (Wildman–Crippen LogP) is 0.606. The normalized spacial score (nSPS) is 15.9. The summed E-state index contributed by atoms with van der Waals surface area (Å²) in [6, 6.07) is 0. The summed E-state index contributed by atoms with van der Waals surface area (Å²) in [5.41, 5.74) is 0. The highest BCUT2D eigenvalue weighted by molar-refractivity contribution is 4.68. The van der Waals surface area contributed by atoms with Gasteiger partial charge in [-0.15, -0.1) is 0 Å². The Morgan fingerprint density at radius 3 is 2.36 bits per heavy atom. The average molecular weight is 204 g/mol. The first-order valence-electron chi connectivity index (χ1n) is 5.37. The maximum atomic E-state index is 9.73. The van der Waals surface area contributed by atoms with Crippen molar-refractivity contribution < 1.29 is 9.94 Å². The SMILES string of the molecule is CCN(CC)CC(C)C(O)CCON. The van der Waals surface area contributed by atoms with Crippen molar-refractivity contribution >= 4 is 0 Å². The van der Waals surface area contributed by atoms with E-state index in [9.17, 15) is 5.11 Å². The summed E-state index contributed by atoms with van der Waals surface area (Å²) >= 11 is 0. The molecule has 2 atom stereocenters. The Labute approximate surface area is 87.0 Å². The summed E-state index contributed by atoms with van der Waals surface area (Å²) in [5.74, 6) is 5.18. The second-order valence-electron chi connectivity index (χ2n) is 3.69. The van der Waals surface area contributed by atoms with Crippen LogP contribution in [0.5, 0.6) is 0 Å². The van der Waals surface area contributed by atoms with Gasteiger partial charge in [0.2, 0.25) is 0 Å². The van der Waals surface area contributed by atoms with Crippen LogP contribution in [0.1, 0.15) is 27.2 Å². The lowest BCUT2D eigenvalue weighted by molar-refractivity contribution is 0.0442. The predicted molar refractivity (Wildman–Crippen MR) is 57.7 cm³/mol. The molecular formula is C10H24N2O2. The van der Waals surface area contributed by atoms with Gasteiger partial charge in [-0.05, 0) is 25.4 Å². The molecule has 4 nitrogen and oxygen atoms in total. The molecule has 4 heteroatoms. The van der Waals surface area contributed by atoms with Crippen LogP contribution in [0, 0.1) is 5.92 Å². The molecular weight excluding hydrogens is 180 g/mol. The molecule has 0 aromatic rings. The summed E-state index contributed by atoms with van der Waals surface area (Å²) in [7, 11) is 0. The molecule has 0 bridgehead atoms. The molecule has 0 amide bonds. The lowest BCUT2D eigenvalue weighted by Crippen LogP contribution is -2.34. The molecule has 0 aliphatic carbocycles. The molecule has 0 saturated carbocycles. The second kappa shape index (κ2) is 8.17. The summed E-state index contributed by atoms with van der Waals surface area (Å²) in [6.45, 7) is 9.72. The van der Waals surface area contributed by atoms with Gasteiger partial charge in [0.1, 0.15) is 0 Å². The standard InChI is InChI=1S/C10H24N2O2/c1-4-12(5-2)8-9(3)10(13)6-7-14-11/h9-10,13H,4-8,11H2,1-3H3. The summed E-state index contributed by atoms with van der Waals surface area (Å²) in [6.07, 6.45) is 0.290. The Hall–Kier alpha value is -0.160. The van der Waals surface area contributed by atoms with E-state index in [-0.39, 0.29) is 12.0 Å². The van der Waals surface area contributed by atoms with Crippen LogP contribution in [0.4, 0.5) is 0 Å². The molecule has 0 radical (unpaired) electrons. The zero-order chi connectivity index (χ0) is 11.0. The van der Waals surface area contributed by atoms with Crippen LogP contribution in [0.3, 0.4) is 0 Å². The lowest BCUT2D eigenvalue weighted by atomic mass is 10.0. The van der Waals surface area contributed by atoms with Crippen LogP contribution in [0.25, 0.3) is 0 Å². The van der Waals surface area contributed by atoms with Gasteiger partial charge >= 0.3 is 0 Å². The molecule has 0 fully saturated rings. The van der Waals surface area contributed by atoms with E-state index in [2.05, 4.69) is 30.5 Å². The van der Waals surface area contributed by atoms with E-state index in [1.165, 1.54) is 0 Å². The maximum Gasteiger partial charge on any atom is 0.0703 e. The number of aliphatic hydroxyl groups excluding tert-OH is 1. The van der Waals surface area contributed by atoms with Crippen molar-refractivity contribution in [3.63, 3.8) is 0 Å². The van der Waals surface area contributed by atoms with Crippen molar-refractivity contribution in [2.75, 3.05) is 26.2 Å². The highest BCUT2D eigenvalue weighted by atomic mass is 16.6. The molecule has 0 aromatic carbocycles. The zero-order valence-corrected chi connectivity index (χ0v) is 9.57. The van der Waals surface area contributed by atoms with Crippen LogP contribution >= 0.6 is 0 Å². The fraction of sp³-hybridized carbons (Fsp3) is 1.00. The van der Waals surface area contributed by atoms with E-state index >= 15 is 0 Å². The Bertz CT molecular complexity index is 129. The van der Waals surface area contributed by atoms with Crippen molar-refractivity contribution in [3.8, 4) is 0 Å². The highest BCUT2D eigenvalue weighted by Crippen LogP contribution is 2.09. The number of nitrogens with two attached hydrogens (primary N) is 1. The third-order valence-corrected chi connectivity index (χ3v) is 2.63. The molecule has 14 heavy (non-hydrogen) atoms. The molecule has 0 rings (SSSR count). The fourth-order valence-electron chi connectivity index (χ4n) is 1.48. The van der Waals surface area contributed by atoms with E-state index < -0.39 is 0 Å². The quantitative estimate of drug-likeness (QED) is 0.569. The van der Waals surface area contributed by atoms with E-state index in [0.717, 1.165) is 19.6 Å². The average Bonchev–Trinajstić information content (AvgIpc) is 2.21. The minimum atomic E-state index is -0.320. The van der Waals surface area contributed by atoms with Crippen LogP contribution in [0.15, 0.2) is 0 Å². The first-order valence-corrected chi connectivity index (χ1v) is 5.37. The van der Waals surface area contributed by atoms with Crippen molar-refractivity contribution in [2.24, 2.45) is 11.8 Å². The third kappa shape index (κ3) is 5.54. The Morgan fingerprint density at radius 1 is 1.36 bits per heavy atom. The summed E-state index contributed by atoms with van der Waals surface area (Å²) in [5, 5.41) is 9.73. The van der Waals surface area contributed by atoms with Crippen molar-refractivity contribution in [1.82, 2.24) is 4.90 Å². The molecule has 3 N–H and O–H groups in total. The van der Waals surface area contributed by atoms with Gasteiger partial charge < -0.3 is 14.8 Å². The lowest BCUT2D eigenvalue weighted by Gasteiger charge is -2.25. The number of nitrogens with zero attached hydrogens (tertiary/aromatic N) is 1. The number of rotatable bonds is 8. The topological polar surface area (TPSA) is 58.7 Å². The molecule has 2 unspecified atom stereocenters. The van der Waals surface area contributed by atoms with Crippen LogP contribution in [0.2, 0.25) is 0 Å². The van der Waals surface area contributed by atoms with Gasteiger partial charge in [-0.25, -0.2) is 5.90 Å². The molecule has 86 valence electrons. The monoisotopic (exact) mass is 204 g/mol. The molecule has 0 aliphatic heterocycles. The van der Waals surface area contributed by atoms with Crippen LogP contribution in [-0.2, 0) is 4.84 Å². The van der Waals surface area contributed by atoms with Gasteiger partial charge in [0.25, 0.3) is 0 Å². The van der Waals surface area contributed by atoms with Crippen molar-refractivity contribution in [1.29, 1.82) is 0 Å². The van der Waals surface area contributed by atoms with Crippen LogP contribution in [-0.4, -0.2) is 42.4 Å². The smallest absolute Gasteiger partial charge is 0.0703 e. The van der Waals surface area contributed by atoms with E-state index in [4.69, 9.17) is 5.90 Å². The minimum absolute atomic E-state index is 0.269. The van der Waals surface area contributed by atoms with Gasteiger partial charge in [-0.1, -0.05) is 20.8 Å². The number of aliphatic hydroxyl groups is 1. The van der Waals surface area contributed by atoms with Gasteiger partial charge in [0.05, 0.1) is 12.7 Å². The molecule has 0 saturated heterocycles. The van der Waals surface area contributed by atoms with E-state index in [0.29, 0.717) is 13.0 Å². The third-order valence-electron chi connectivity index (χ3n) is 2.63. The summed E-state index contributed by atoms with van der Waals surface area (Å²) < 4.78 is 0. The first kappa shape index (κ1) is 13.8. The molecule has 0 aromatic heterocycles. The fourth-order valence-corrected chi connectivity index (χ4v) is 1.48. The Kier molecular flexibility index (Phi) is 8.08. The van der Waals surface area contributed by atoms with E-state index in [1.807, 2.05) is 0 Å². The number of hydrogen-bond donors (Lipinski definition) is 2. The minimum Gasteiger partial charge on any atom is -0.393 e. The molecule has 0 heterocycles. The van der Waals surface area contributed by atoms with Gasteiger partial charge in [-0.3, -0.25) is 0 Å². The largest absolute Gasteiger partial charge is 0.393 e. The highest BCUT2D eigenvalue weighted by Gasteiger charge is 2.16. The Morgan fingerprint density at radius 2 is 1.93 bits per heavy atom. The Balaban J connectivity index is 3.74. The van der Waals surface area contributed by atoms with Crippen molar-refractivity contribution in [3.05, 3.63) is 0 Å². The van der Waals surface area contributed by atoms with Crippen molar-refractivity contribution in [2.45, 2.75) is 33.3 Å². The maximum absolute atomic E-state index is 9.73.